The van der Waals surface area contributed by atoms with Gasteiger partial charge in [-0.2, -0.15) is 0 Å². The topological polar surface area (TPSA) is 6.48 Å². The molecule has 0 N–H and O–H groups in total. The Kier molecular flexibility index (Phi) is 3.35. The van der Waals surface area contributed by atoms with Crippen LogP contribution in [0, 0.1) is 5.92 Å². The number of hydrogen-bond acceptors (Lipinski definition) is 2. The zero-order chi connectivity index (χ0) is 10.8. The normalized spacial score (nSPS) is 24.3. The van der Waals surface area contributed by atoms with Crippen LogP contribution in [0.15, 0.2) is 12.3 Å². The van der Waals surface area contributed by atoms with Crippen LogP contribution in [0.2, 0.25) is 0 Å². The van der Waals surface area contributed by atoms with Crippen molar-refractivity contribution in [3.8, 4) is 0 Å². The lowest BCUT2D eigenvalue weighted by molar-refractivity contribution is 0.115. The van der Waals surface area contributed by atoms with Gasteiger partial charge < -0.3 is 4.90 Å². The van der Waals surface area contributed by atoms with E-state index in [1.165, 1.54) is 51.1 Å². The first-order chi connectivity index (χ1) is 7.18. The molecule has 1 saturated heterocycles. The highest BCUT2D eigenvalue weighted by atomic mass is 15.3. The first kappa shape index (κ1) is 11.0. The molecule has 1 saturated carbocycles. The van der Waals surface area contributed by atoms with Crippen LogP contribution in [0.25, 0.3) is 0 Å². The average molecular weight is 208 g/mol. The smallest absolute Gasteiger partial charge is 0.0303 e. The summed E-state index contributed by atoms with van der Waals surface area (Å²) in [4.78, 5) is 5.08. The van der Waals surface area contributed by atoms with Gasteiger partial charge in [0.1, 0.15) is 0 Å². The van der Waals surface area contributed by atoms with Gasteiger partial charge in [-0.25, -0.2) is 0 Å². The molecule has 0 aromatic carbocycles. The summed E-state index contributed by atoms with van der Waals surface area (Å²) in [5, 5.41) is 0. The molecule has 0 aromatic heterocycles. The van der Waals surface area contributed by atoms with E-state index in [0.717, 1.165) is 5.92 Å². The summed E-state index contributed by atoms with van der Waals surface area (Å²) >= 11 is 0. The molecule has 2 rings (SSSR count). The van der Waals surface area contributed by atoms with Crippen molar-refractivity contribution < 1.29 is 0 Å². The maximum Gasteiger partial charge on any atom is 0.0303 e. The van der Waals surface area contributed by atoms with E-state index in [4.69, 9.17) is 0 Å². The largest absolute Gasteiger partial charge is 0.372 e. The van der Waals surface area contributed by atoms with Gasteiger partial charge in [0.25, 0.3) is 0 Å². The molecule has 1 aliphatic heterocycles. The molecule has 0 unspecified atom stereocenters. The zero-order valence-electron chi connectivity index (χ0n) is 10.2. The van der Waals surface area contributed by atoms with E-state index in [1.54, 1.807) is 0 Å². The van der Waals surface area contributed by atoms with Crippen molar-refractivity contribution in [1.29, 1.82) is 0 Å². The Labute approximate surface area is 93.9 Å². The first-order valence-electron chi connectivity index (χ1n) is 6.36. The Morgan fingerprint density at radius 1 is 1.13 bits per heavy atom. The lowest BCUT2D eigenvalue weighted by atomic mass is 9.82. The second-order valence-corrected chi connectivity index (χ2v) is 5.24. The fraction of sp³-hybridized carbons (Fsp3) is 0.846. The van der Waals surface area contributed by atoms with Crippen LogP contribution in [0.3, 0.4) is 0 Å². The molecule has 1 aliphatic carbocycles. The van der Waals surface area contributed by atoms with Gasteiger partial charge in [0.2, 0.25) is 0 Å². The zero-order valence-corrected chi connectivity index (χ0v) is 10.2. The highest BCUT2D eigenvalue weighted by molar-refractivity contribution is 5.04. The van der Waals surface area contributed by atoms with Crippen LogP contribution in [0.4, 0.5) is 0 Å². The molecule has 15 heavy (non-hydrogen) atoms. The van der Waals surface area contributed by atoms with E-state index < -0.39 is 0 Å². The minimum atomic E-state index is 0.698. The first-order valence-corrected chi connectivity index (χ1v) is 6.36. The van der Waals surface area contributed by atoms with Crippen LogP contribution in [0.1, 0.15) is 33.1 Å². The van der Waals surface area contributed by atoms with Crippen molar-refractivity contribution in [3.63, 3.8) is 0 Å². The number of allylic oxidation sites excluding steroid dienone is 1. The van der Waals surface area contributed by atoms with Crippen molar-refractivity contribution in [2.45, 2.75) is 39.2 Å². The Hall–Kier alpha value is -0.500. The fourth-order valence-electron chi connectivity index (χ4n) is 2.53. The maximum absolute atomic E-state index is 4.28. The third-order valence-corrected chi connectivity index (χ3v) is 4.03. The summed E-state index contributed by atoms with van der Waals surface area (Å²) in [5.41, 5.74) is 1.42. The Morgan fingerprint density at radius 3 is 2.13 bits per heavy atom. The van der Waals surface area contributed by atoms with Gasteiger partial charge in [-0.15, -0.1) is 0 Å². The number of rotatable bonds is 3. The Morgan fingerprint density at radius 2 is 1.73 bits per heavy atom. The molecule has 2 heteroatoms. The minimum Gasteiger partial charge on any atom is -0.372 e. The van der Waals surface area contributed by atoms with Gasteiger partial charge in [0.15, 0.2) is 0 Å². The standard InChI is InChI=1S/C13H24N2/c1-11(2)14-7-9-15(10-8-14)12(3)13-5-4-6-13/h11,13H,3-10H2,1-2H3. The predicted octanol–water partition coefficient (Wildman–Crippen LogP) is 2.33. The third kappa shape index (κ3) is 2.36. The molecule has 2 nitrogen and oxygen atoms in total. The number of hydrogen-bond donors (Lipinski definition) is 0. The molecule has 0 radical (unpaired) electrons. The van der Waals surface area contributed by atoms with Gasteiger partial charge in [-0.3, -0.25) is 4.90 Å². The van der Waals surface area contributed by atoms with Crippen LogP contribution in [-0.4, -0.2) is 42.0 Å². The summed E-state index contributed by atoms with van der Waals surface area (Å²) in [5.74, 6) is 0.815. The third-order valence-electron chi connectivity index (χ3n) is 4.03. The molecular weight excluding hydrogens is 184 g/mol. The van der Waals surface area contributed by atoms with E-state index >= 15 is 0 Å². The van der Waals surface area contributed by atoms with Crippen LogP contribution in [0.5, 0.6) is 0 Å². The molecule has 0 spiro atoms. The van der Waals surface area contributed by atoms with E-state index in [1.807, 2.05) is 0 Å². The molecule has 0 bridgehead atoms. The SMILES string of the molecule is C=C(C1CCC1)N1CCN(C(C)C)CC1. The quantitative estimate of drug-likeness (QED) is 0.702. The van der Waals surface area contributed by atoms with Crippen molar-refractivity contribution >= 4 is 0 Å². The molecular formula is C13H24N2. The maximum atomic E-state index is 4.28. The molecule has 2 fully saturated rings. The Bertz CT molecular complexity index is 223. The van der Waals surface area contributed by atoms with E-state index in [9.17, 15) is 0 Å². The monoisotopic (exact) mass is 208 g/mol. The van der Waals surface area contributed by atoms with Gasteiger partial charge in [-0.1, -0.05) is 13.0 Å². The molecule has 0 amide bonds. The van der Waals surface area contributed by atoms with Crippen LogP contribution >= 0.6 is 0 Å². The van der Waals surface area contributed by atoms with E-state index in [2.05, 4.69) is 30.2 Å². The van der Waals surface area contributed by atoms with Gasteiger partial charge in [0.05, 0.1) is 0 Å². The van der Waals surface area contributed by atoms with Crippen molar-refractivity contribution in [1.82, 2.24) is 9.80 Å². The summed E-state index contributed by atoms with van der Waals surface area (Å²) < 4.78 is 0. The van der Waals surface area contributed by atoms with E-state index in [0.29, 0.717) is 6.04 Å². The van der Waals surface area contributed by atoms with Gasteiger partial charge in [0, 0.05) is 37.9 Å². The molecule has 0 atom stereocenters. The molecule has 0 aromatic rings. The van der Waals surface area contributed by atoms with E-state index in [-0.39, 0.29) is 0 Å². The van der Waals surface area contributed by atoms with Crippen molar-refractivity contribution in [3.05, 3.63) is 12.3 Å². The Balaban J connectivity index is 1.79. The predicted molar refractivity (Wildman–Crippen MR) is 64.8 cm³/mol. The molecule has 86 valence electrons. The summed E-state index contributed by atoms with van der Waals surface area (Å²) in [7, 11) is 0. The minimum absolute atomic E-state index is 0.698. The van der Waals surface area contributed by atoms with Gasteiger partial charge in [-0.05, 0) is 32.6 Å². The lowest BCUT2D eigenvalue weighted by Crippen LogP contribution is -2.49. The van der Waals surface area contributed by atoms with Crippen molar-refractivity contribution in [2.75, 3.05) is 26.2 Å². The second-order valence-electron chi connectivity index (χ2n) is 5.24. The fourth-order valence-corrected chi connectivity index (χ4v) is 2.53. The average Bonchev–Trinajstić information content (AvgIpc) is 2.15. The number of nitrogens with zero attached hydrogens (tertiary/aromatic N) is 2. The summed E-state index contributed by atoms with van der Waals surface area (Å²) in [6.07, 6.45) is 4.17. The lowest BCUT2D eigenvalue weighted by Gasteiger charge is -2.42. The van der Waals surface area contributed by atoms with Crippen LogP contribution in [-0.2, 0) is 0 Å². The number of piperazine rings is 1. The molecule has 1 heterocycles. The summed E-state index contributed by atoms with van der Waals surface area (Å²) in [6, 6.07) is 0.698. The highest BCUT2D eigenvalue weighted by Gasteiger charge is 2.26. The van der Waals surface area contributed by atoms with Gasteiger partial charge >= 0.3 is 0 Å². The summed E-state index contributed by atoms with van der Waals surface area (Å²) in [6.45, 7) is 13.7. The van der Waals surface area contributed by atoms with Crippen molar-refractivity contribution in [2.24, 2.45) is 5.92 Å². The molecule has 2 aliphatic rings. The second kappa shape index (κ2) is 4.56. The van der Waals surface area contributed by atoms with Crippen LogP contribution < -0.4 is 0 Å². The highest BCUT2D eigenvalue weighted by Crippen LogP contribution is 2.34.